The summed E-state index contributed by atoms with van der Waals surface area (Å²) >= 11 is 12.0. The minimum absolute atomic E-state index is 0.0172. The van der Waals surface area contributed by atoms with Crippen LogP contribution in [0.3, 0.4) is 0 Å². The van der Waals surface area contributed by atoms with Crippen molar-refractivity contribution >= 4 is 35.1 Å². The number of halogens is 2. The van der Waals surface area contributed by atoms with Crippen LogP contribution in [-0.4, -0.2) is 23.5 Å². The van der Waals surface area contributed by atoms with Crippen LogP contribution in [0.15, 0.2) is 34.7 Å². The molecule has 134 valence electrons. The number of furan rings is 1. The predicted octanol–water partition coefficient (Wildman–Crippen LogP) is 4.71. The Morgan fingerprint density at radius 1 is 1.16 bits per heavy atom. The number of carbonyl (C=O) groups excluding carboxylic acids is 2. The first-order valence-corrected chi connectivity index (χ1v) is 8.40. The molecule has 0 saturated heterocycles. The summed E-state index contributed by atoms with van der Waals surface area (Å²) in [6, 6.07) is 8.01. The monoisotopic (exact) mass is 383 g/mol. The topological polar surface area (TPSA) is 68.5 Å². The van der Waals surface area contributed by atoms with Gasteiger partial charge in [0.05, 0.1) is 5.02 Å². The number of ether oxygens (including phenoxy) is 1. The van der Waals surface area contributed by atoms with E-state index in [4.69, 9.17) is 32.4 Å². The van der Waals surface area contributed by atoms with E-state index in [1.54, 1.807) is 24.3 Å². The molecule has 0 unspecified atom stereocenters. The molecule has 25 heavy (non-hydrogen) atoms. The normalized spacial score (nSPS) is 12.6. The fraction of sp³-hybridized carbons (Fsp3) is 0.333. The van der Waals surface area contributed by atoms with Crippen LogP contribution in [0.2, 0.25) is 10.0 Å². The number of esters is 1. The molecule has 0 radical (unpaired) electrons. The Bertz CT molecular complexity index is 793. The summed E-state index contributed by atoms with van der Waals surface area (Å²) in [6.45, 7) is 7.02. The van der Waals surface area contributed by atoms with Crippen molar-refractivity contribution in [1.29, 1.82) is 0 Å². The number of rotatable bonds is 4. The maximum absolute atomic E-state index is 12.2. The van der Waals surface area contributed by atoms with E-state index in [1.807, 2.05) is 20.8 Å². The Kier molecular flexibility index (Phi) is 5.80. The van der Waals surface area contributed by atoms with Crippen molar-refractivity contribution in [3.05, 3.63) is 46.1 Å². The number of nitrogens with one attached hydrogen (secondary N) is 1. The average Bonchev–Trinajstić information content (AvgIpc) is 2.95. The van der Waals surface area contributed by atoms with Crippen LogP contribution in [-0.2, 0) is 9.53 Å². The van der Waals surface area contributed by atoms with Crippen molar-refractivity contribution in [2.24, 2.45) is 0 Å². The molecule has 1 atom stereocenters. The van der Waals surface area contributed by atoms with E-state index in [-0.39, 0.29) is 11.7 Å². The van der Waals surface area contributed by atoms with Crippen LogP contribution >= 0.6 is 23.2 Å². The molecule has 0 saturated carbocycles. The van der Waals surface area contributed by atoms with E-state index < -0.39 is 17.6 Å². The van der Waals surface area contributed by atoms with Crippen molar-refractivity contribution in [2.75, 3.05) is 0 Å². The second-order valence-corrected chi connectivity index (χ2v) is 7.42. The van der Waals surface area contributed by atoms with Crippen LogP contribution in [0.4, 0.5) is 0 Å². The van der Waals surface area contributed by atoms with E-state index in [1.165, 1.54) is 13.0 Å². The Balaban J connectivity index is 2.09. The number of benzene rings is 1. The van der Waals surface area contributed by atoms with Crippen molar-refractivity contribution < 1.29 is 18.7 Å². The lowest BCUT2D eigenvalue weighted by atomic mass is 10.1. The lowest BCUT2D eigenvalue weighted by molar-refractivity contribution is -0.130. The van der Waals surface area contributed by atoms with Gasteiger partial charge in [-0.25, -0.2) is 4.79 Å². The highest BCUT2D eigenvalue weighted by atomic mass is 35.5. The third kappa shape index (κ3) is 5.25. The zero-order valence-electron chi connectivity index (χ0n) is 14.4. The summed E-state index contributed by atoms with van der Waals surface area (Å²) in [4.78, 5) is 24.1. The predicted molar refractivity (Wildman–Crippen MR) is 96.9 cm³/mol. The summed E-state index contributed by atoms with van der Waals surface area (Å²) in [5.41, 5.74) is 0.185. The number of hydrogen-bond donors (Lipinski definition) is 1. The zero-order chi connectivity index (χ0) is 18.8. The summed E-state index contributed by atoms with van der Waals surface area (Å²) in [5, 5.41) is 3.64. The van der Waals surface area contributed by atoms with Gasteiger partial charge in [-0.15, -0.1) is 0 Å². The molecule has 7 heteroatoms. The van der Waals surface area contributed by atoms with Crippen molar-refractivity contribution in [1.82, 2.24) is 5.32 Å². The molecule has 1 aromatic carbocycles. The van der Waals surface area contributed by atoms with Crippen LogP contribution in [0, 0.1) is 0 Å². The fourth-order valence-corrected chi connectivity index (χ4v) is 2.53. The van der Waals surface area contributed by atoms with Gasteiger partial charge in [0.2, 0.25) is 5.76 Å². The smallest absolute Gasteiger partial charge is 0.375 e. The molecule has 2 aromatic rings. The molecule has 0 spiro atoms. The second kappa shape index (κ2) is 7.50. The van der Waals surface area contributed by atoms with E-state index in [0.29, 0.717) is 21.4 Å². The van der Waals surface area contributed by atoms with E-state index in [0.717, 1.165) is 0 Å². The Morgan fingerprint density at radius 3 is 2.44 bits per heavy atom. The van der Waals surface area contributed by atoms with Crippen LogP contribution in [0.25, 0.3) is 11.3 Å². The Hall–Kier alpha value is -1.98. The van der Waals surface area contributed by atoms with Crippen molar-refractivity contribution in [2.45, 2.75) is 39.3 Å². The van der Waals surface area contributed by atoms with Gasteiger partial charge in [0, 0.05) is 16.1 Å². The molecule has 1 amide bonds. The van der Waals surface area contributed by atoms with Crippen LogP contribution in [0.5, 0.6) is 0 Å². The summed E-state index contributed by atoms with van der Waals surface area (Å²) < 4.78 is 10.6. The molecule has 0 fully saturated rings. The third-order valence-electron chi connectivity index (χ3n) is 3.16. The molecule has 1 heterocycles. The maximum Gasteiger partial charge on any atom is 0.375 e. The zero-order valence-corrected chi connectivity index (χ0v) is 15.9. The van der Waals surface area contributed by atoms with Crippen molar-refractivity contribution in [3.63, 3.8) is 0 Å². The van der Waals surface area contributed by atoms with Gasteiger partial charge in [0.25, 0.3) is 5.91 Å². The lowest BCUT2D eigenvalue weighted by Gasteiger charge is -2.22. The molecule has 0 aliphatic carbocycles. The molecule has 0 bridgehead atoms. The van der Waals surface area contributed by atoms with Gasteiger partial charge in [-0.3, -0.25) is 4.79 Å². The van der Waals surface area contributed by atoms with Crippen LogP contribution < -0.4 is 5.32 Å². The minimum atomic E-state index is -0.945. The molecular weight excluding hydrogens is 365 g/mol. The van der Waals surface area contributed by atoms with Gasteiger partial charge in [-0.05, 0) is 58.0 Å². The molecule has 0 aliphatic rings. The average molecular weight is 384 g/mol. The molecule has 1 aromatic heterocycles. The number of carbonyl (C=O) groups is 2. The van der Waals surface area contributed by atoms with Gasteiger partial charge in [-0.1, -0.05) is 23.2 Å². The van der Waals surface area contributed by atoms with E-state index in [9.17, 15) is 9.59 Å². The first kappa shape index (κ1) is 19.3. The minimum Gasteiger partial charge on any atom is -0.449 e. The second-order valence-electron chi connectivity index (χ2n) is 6.57. The molecule has 2 rings (SSSR count). The summed E-state index contributed by atoms with van der Waals surface area (Å²) in [6.07, 6.45) is -0.945. The standard InChI is InChI=1S/C18H19Cl2NO4/c1-10(16(22)21-18(2,3)4)24-17(23)15-8-7-14(25-15)12-6-5-11(19)9-13(12)20/h5-10H,1-4H3,(H,21,22)/t10-/m0/s1. The first-order chi connectivity index (χ1) is 11.6. The maximum atomic E-state index is 12.2. The molecule has 5 nitrogen and oxygen atoms in total. The summed E-state index contributed by atoms with van der Waals surface area (Å²) in [5.74, 6) is -0.724. The quantitative estimate of drug-likeness (QED) is 0.775. The largest absolute Gasteiger partial charge is 0.449 e. The van der Waals surface area contributed by atoms with Gasteiger partial charge in [0.15, 0.2) is 6.10 Å². The van der Waals surface area contributed by atoms with Gasteiger partial charge < -0.3 is 14.5 Å². The lowest BCUT2D eigenvalue weighted by Crippen LogP contribution is -2.46. The third-order valence-corrected chi connectivity index (χ3v) is 3.70. The highest BCUT2D eigenvalue weighted by Gasteiger charge is 2.24. The Morgan fingerprint density at radius 2 is 1.84 bits per heavy atom. The fourth-order valence-electron chi connectivity index (χ4n) is 2.03. The van der Waals surface area contributed by atoms with Crippen LogP contribution in [0.1, 0.15) is 38.2 Å². The van der Waals surface area contributed by atoms with Gasteiger partial charge in [0.1, 0.15) is 5.76 Å². The molecular formula is C18H19Cl2NO4. The Labute approximate surface area is 156 Å². The first-order valence-electron chi connectivity index (χ1n) is 7.65. The van der Waals surface area contributed by atoms with Gasteiger partial charge >= 0.3 is 5.97 Å². The van der Waals surface area contributed by atoms with Gasteiger partial charge in [-0.2, -0.15) is 0 Å². The SMILES string of the molecule is C[C@H](OC(=O)c1ccc(-c2ccc(Cl)cc2Cl)o1)C(=O)NC(C)(C)C. The number of hydrogen-bond acceptors (Lipinski definition) is 4. The highest BCUT2D eigenvalue weighted by molar-refractivity contribution is 6.36. The number of amides is 1. The molecule has 1 N–H and O–H groups in total. The molecule has 0 aliphatic heterocycles. The summed E-state index contributed by atoms with van der Waals surface area (Å²) in [7, 11) is 0. The van der Waals surface area contributed by atoms with Crippen molar-refractivity contribution in [3.8, 4) is 11.3 Å². The van der Waals surface area contributed by atoms with E-state index in [2.05, 4.69) is 5.32 Å². The highest BCUT2D eigenvalue weighted by Crippen LogP contribution is 2.31. The van der Waals surface area contributed by atoms with E-state index >= 15 is 0 Å².